The Morgan fingerprint density at radius 3 is 3.19 bits per heavy atom. The first-order valence-electron chi connectivity index (χ1n) is 5.29. The minimum atomic E-state index is -0.290. The van der Waals surface area contributed by atoms with Crippen LogP contribution in [0.2, 0.25) is 0 Å². The summed E-state index contributed by atoms with van der Waals surface area (Å²) in [5.41, 5.74) is 7.74. The van der Waals surface area contributed by atoms with Crippen LogP contribution >= 0.6 is 0 Å². The van der Waals surface area contributed by atoms with E-state index in [0.29, 0.717) is 13.2 Å². The Balaban J connectivity index is 2.16. The Morgan fingerprint density at radius 2 is 2.50 bits per heavy atom. The summed E-state index contributed by atoms with van der Waals surface area (Å²) in [5.74, 6) is 0.0939. The van der Waals surface area contributed by atoms with Crippen molar-refractivity contribution >= 4 is 11.5 Å². The fourth-order valence-corrected chi connectivity index (χ4v) is 1.88. The molecule has 5 nitrogen and oxygen atoms in total. The Kier molecular flexibility index (Phi) is 3.05. The summed E-state index contributed by atoms with van der Waals surface area (Å²) in [6.45, 7) is 4.10. The molecule has 5 heteroatoms. The fraction of sp³-hybridized carbons (Fsp3) is 0.455. The molecular weight excluding hydrogens is 204 g/mol. The van der Waals surface area contributed by atoms with Crippen molar-refractivity contribution in [2.24, 2.45) is 5.73 Å². The van der Waals surface area contributed by atoms with Gasteiger partial charge in [0.05, 0.1) is 13.2 Å². The monoisotopic (exact) mass is 220 g/mol. The zero-order chi connectivity index (χ0) is 11.5. The van der Waals surface area contributed by atoms with Crippen LogP contribution in [0.5, 0.6) is 0 Å². The summed E-state index contributed by atoms with van der Waals surface area (Å²) in [6, 6.07) is 1.98. The molecule has 2 rings (SSSR count). The van der Waals surface area contributed by atoms with Gasteiger partial charge in [-0.25, -0.2) is 0 Å². The molecule has 0 aromatic carbocycles. The first kappa shape index (κ1) is 10.9. The topological polar surface area (TPSA) is 75.2 Å². The highest BCUT2D eigenvalue weighted by Crippen LogP contribution is 2.20. The van der Waals surface area contributed by atoms with E-state index in [1.165, 1.54) is 0 Å². The van der Waals surface area contributed by atoms with Gasteiger partial charge in [-0.1, -0.05) is 0 Å². The number of nitrogens with zero attached hydrogens (tertiary/aromatic N) is 2. The van der Waals surface area contributed by atoms with Gasteiger partial charge in [-0.15, -0.1) is 0 Å². The van der Waals surface area contributed by atoms with Crippen LogP contribution in [0.1, 0.15) is 5.56 Å². The molecule has 0 bridgehead atoms. The molecule has 3 N–H and O–H groups in total. The van der Waals surface area contributed by atoms with Crippen molar-refractivity contribution in [3.05, 3.63) is 24.0 Å². The van der Waals surface area contributed by atoms with Crippen molar-refractivity contribution in [1.29, 1.82) is 5.41 Å². The lowest BCUT2D eigenvalue weighted by atomic mass is 10.2. The molecule has 1 atom stereocenters. The lowest BCUT2D eigenvalue weighted by Gasteiger charge is -2.34. The van der Waals surface area contributed by atoms with Crippen molar-refractivity contribution in [3.8, 4) is 0 Å². The largest absolute Gasteiger partial charge is 0.385 e. The molecule has 1 aromatic heterocycles. The van der Waals surface area contributed by atoms with E-state index in [4.69, 9.17) is 15.9 Å². The van der Waals surface area contributed by atoms with Gasteiger partial charge in [-0.2, -0.15) is 0 Å². The second-order valence-electron chi connectivity index (χ2n) is 3.92. The van der Waals surface area contributed by atoms with Gasteiger partial charge in [0.2, 0.25) is 0 Å². The Bertz CT molecular complexity index is 393. The number of rotatable bonds is 2. The van der Waals surface area contributed by atoms with E-state index >= 15 is 0 Å². The number of nitrogens with two attached hydrogens (primary N) is 1. The highest BCUT2D eigenvalue weighted by Gasteiger charge is 2.23. The molecule has 1 aliphatic heterocycles. The summed E-state index contributed by atoms with van der Waals surface area (Å²) < 4.78 is 5.42. The summed E-state index contributed by atoms with van der Waals surface area (Å²) in [7, 11) is 0. The average molecular weight is 220 g/mol. The number of hydrogen-bond acceptors (Lipinski definition) is 4. The second kappa shape index (κ2) is 4.49. The predicted molar refractivity (Wildman–Crippen MR) is 62.8 cm³/mol. The van der Waals surface area contributed by atoms with Crippen molar-refractivity contribution in [1.82, 2.24) is 4.98 Å². The molecule has 1 fully saturated rings. The Morgan fingerprint density at radius 1 is 1.69 bits per heavy atom. The third kappa shape index (κ3) is 2.14. The van der Waals surface area contributed by atoms with E-state index < -0.39 is 0 Å². The molecule has 1 saturated heterocycles. The van der Waals surface area contributed by atoms with Crippen LogP contribution in [-0.2, 0) is 4.74 Å². The highest BCUT2D eigenvalue weighted by molar-refractivity contribution is 5.82. The number of morpholine rings is 1. The maximum absolute atomic E-state index is 7.41. The summed E-state index contributed by atoms with van der Waals surface area (Å²) >= 11 is 0. The Hall–Kier alpha value is -1.62. The number of amidine groups is 1. The van der Waals surface area contributed by atoms with Crippen molar-refractivity contribution in [2.45, 2.75) is 13.0 Å². The van der Waals surface area contributed by atoms with Gasteiger partial charge < -0.3 is 15.4 Å². The molecule has 86 valence electrons. The summed E-state index contributed by atoms with van der Waals surface area (Å²) in [6.07, 6.45) is 3.33. The number of aromatic nitrogens is 1. The first-order chi connectivity index (χ1) is 7.68. The van der Waals surface area contributed by atoms with Crippen LogP contribution in [0, 0.1) is 12.3 Å². The molecule has 1 unspecified atom stereocenters. The van der Waals surface area contributed by atoms with Gasteiger partial charge in [-0.05, 0) is 18.6 Å². The number of aryl methyl sites for hydroxylation is 1. The molecule has 1 aromatic rings. The van der Waals surface area contributed by atoms with Crippen molar-refractivity contribution in [2.75, 3.05) is 24.6 Å². The molecule has 16 heavy (non-hydrogen) atoms. The summed E-state index contributed by atoms with van der Waals surface area (Å²) in [5, 5.41) is 7.41. The number of pyridine rings is 1. The zero-order valence-corrected chi connectivity index (χ0v) is 9.31. The number of ether oxygens (including phenoxy) is 1. The van der Waals surface area contributed by atoms with Crippen LogP contribution in [0.25, 0.3) is 0 Å². The van der Waals surface area contributed by atoms with E-state index in [-0.39, 0.29) is 11.9 Å². The molecule has 0 amide bonds. The fourth-order valence-electron chi connectivity index (χ4n) is 1.88. The number of hydrogen-bond donors (Lipinski definition) is 2. The first-order valence-corrected chi connectivity index (χ1v) is 5.29. The minimum Gasteiger partial charge on any atom is -0.385 e. The van der Waals surface area contributed by atoms with Gasteiger partial charge in [0.1, 0.15) is 11.9 Å². The highest BCUT2D eigenvalue weighted by atomic mass is 16.5. The van der Waals surface area contributed by atoms with E-state index in [0.717, 1.165) is 17.8 Å². The van der Waals surface area contributed by atoms with Crippen LogP contribution in [-0.4, -0.2) is 36.6 Å². The summed E-state index contributed by atoms with van der Waals surface area (Å²) in [4.78, 5) is 6.26. The van der Waals surface area contributed by atoms with Crippen molar-refractivity contribution in [3.63, 3.8) is 0 Å². The van der Waals surface area contributed by atoms with Crippen LogP contribution in [0.4, 0.5) is 5.69 Å². The Labute approximate surface area is 94.7 Å². The van der Waals surface area contributed by atoms with Crippen LogP contribution < -0.4 is 10.6 Å². The minimum absolute atomic E-state index is 0.0939. The average Bonchev–Trinajstić information content (AvgIpc) is 2.30. The van der Waals surface area contributed by atoms with Gasteiger partial charge in [-0.3, -0.25) is 10.4 Å². The van der Waals surface area contributed by atoms with Gasteiger partial charge >= 0.3 is 0 Å². The van der Waals surface area contributed by atoms with E-state index in [1.54, 1.807) is 6.20 Å². The van der Waals surface area contributed by atoms with Gasteiger partial charge in [0.15, 0.2) is 0 Å². The third-order valence-corrected chi connectivity index (χ3v) is 2.74. The maximum Gasteiger partial charge on any atom is 0.131 e. The van der Waals surface area contributed by atoms with E-state index in [9.17, 15) is 0 Å². The lowest BCUT2D eigenvalue weighted by molar-refractivity contribution is 0.0826. The normalized spacial score (nSPS) is 20.8. The van der Waals surface area contributed by atoms with Gasteiger partial charge in [0.25, 0.3) is 0 Å². The van der Waals surface area contributed by atoms with Gasteiger partial charge in [0, 0.05) is 24.6 Å². The smallest absolute Gasteiger partial charge is 0.131 e. The molecule has 2 heterocycles. The molecule has 0 radical (unpaired) electrons. The maximum atomic E-state index is 7.41. The lowest BCUT2D eigenvalue weighted by Crippen LogP contribution is -2.48. The molecule has 0 saturated carbocycles. The van der Waals surface area contributed by atoms with E-state index in [1.807, 2.05) is 19.2 Å². The van der Waals surface area contributed by atoms with Crippen molar-refractivity contribution < 1.29 is 4.74 Å². The third-order valence-electron chi connectivity index (χ3n) is 2.74. The SMILES string of the molecule is Cc1cnccc1N1CCOC(C(=N)N)C1. The molecule has 1 aliphatic rings. The predicted octanol–water partition coefficient (Wildman–Crippen LogP) is 0.531. The quantitative estimate of drug-likeness (QED) is 0.563. The van der Waals surface area contributed by atoms with Crippen LogP contribution in [0.15, 0.2) is 18.5 Å². The standard InChI is InChI=1S/C11H16N4O/c1-8-6-14-3-2-9(8)15-4-5-16-10(7-15)11(12)13/h2-3,6,10H,4-5,7H2,1H3,(H3,12,13). The van der Waals surface area contributed by atoms with E-state index in [2.05, 4.69) is 9.88 Å². The molecule has 0 spiro atoms. The number of nitrogens with one attached hydrogen (secondary N) is 1. The molecule has 0 aliphatic carbocycles. The molecular formula is C11H16N4O. The van der Waals surface area contributed by atoms with Crippen LogP contribution in [0.3, 0.4) is 0 Å². The number of anilines is 1. The second-order valence-corrected chi connectivity index (χ2v) is 3.92. The zero-order valence-electron chi connectivity index (χ0n) is 9.31.